The van der Waals surface area contributed by atoms with Gasteiger partial charge in [0.05, 0.1) is 0 Å². The number of hydrogen-bond acceptors (Lipinski definition) is 1. The lowest BCUT2D eigenvalue weighted by atomic mass is 9.73. The SMILES string of the molecule is CCC1CC2CC(C)CC(C2)N1. The Morgan fingerprint density at radius 3 is 2.67 bits per heavy atom. The zero-order valence-corrected chi connectivity index (χ0v) is 8.34. The van der Waals surface area contributed by atoms with Crippen molar-refractivity contribution in [3.63, 3.8) is 0 Å². The van der Waals surface area contributed by atoms with Crippen LogP contribution < -0.4 is 5.32 Å². The molecule has 0 aromatic carbocycles. The van der Waals surface area contributed by atoms with Gasteiger partial charge in [0, 0.05) is 12.1 Å². The lowest BCUT2D eigenvalue weighted by Gasteiger charge is -2.42. The van der Waals surface area contributed by atoms with Gasteiger partial charge in [-0.2, -0.15) is 0 Å². The minimum absolute atomic E-state index is 0.834. The van der Waals surface area contributed by atoms with Gasteiger partial charge in [-0.25, -0.2) is 0 Å². The summed E-state index contributed by atoms with van der Waals surface area (Å²) < 4.78 is 0. The van der Waals surface area contributed by atoms with E-state index in [1.165, 1.54) is 32.1 Å². The van der Waals surface area contributed by atoms with E-state index in [0.29, 0.717) is 0 Å². The highest BCUT2D eigenvalue weighted by atomic mass is 15.0. The van der Waals surface area contributed by atoms with Crippen LogP contribution in [0.4, 0.5) is 0 Å². The van der Waals surface area contributed by atoms with Crippen molar-refractivity contribution in [2.75, 3.05) is 0 Å². The highest BCUT2D eigenvalue weighted by Crippen LogP contribution is 2.35. The van der Waals surface area contributed by atoms with Gasteiger partial charge in [-0.1, -0.05) is 13.8 Å². The third-order valence-corrected chi connectivity index (χ3v) is 3.62. The first kappa shape index (κ1) is 8.55. The topological polar surface area (TPSA) is 12.0 Å². The Balaban J connectivity index is 1.96. The summed E-state index contributed by atoms with van der Waals surface area (Å²) in [5, 5.41) is 3.76. The van der Waals surface area contributed by atoms with Crippen LogP contribution in [0.3, 0.4) is 0 Å². The van der Waals surface area contributed by atoms with Gasteiger partial charge in [0.1, 0.15) is 0 Å². The van der Waals surface area contributed by atoms with Gasteiger partial charge in [-0.15, -0.1) is 0 Å². The molecular formula is C11H21N. The van der Waals surface area contributed by atoms with E-state index in [0.717, 1.165) is 23.9 Å². The maximum Gasteiger partial charge on any atom is 0.00748 e. The Hall–Kier alpha value is -0.0400. The summed E-state index contributed by atoms with van der Waals surface area (Å²) in [5.74, 6) is 2.02. The van der Waals surface area contributed by atoms with Gasteiger partial charge in [0.15, 0.2) is 0 Å². The predicted molar refractivity (Wildman–Crippen MR) is 52.1 cm³/mol. The first-order valence-corrected chi connectivity index (χ1v) is 5.54. The summed E-state index contributed by atoms with van der Waals surface area (Å²) in [6, 6.07) is 1.69. The lowest BCUT2D eigenvalue weighted by molar-refractivity contribution is 0.141. The Kier molecular flexibility index (Phi) is 2.40. The van der Waals surface area contributed by atoms with Crippen molar-refractivity contribution in [3.8, 4) is 0 Å². The minimum Gasteiger partial charge on any atom is -0.311 e. The molecule has 70 valence electrons. The van der Waals surface area contributed by atoms with Crippen molar-refractivity contribution < 1.29 is 0 Å². The van der Waals surface area contributed by atoms with E-state index in [9.17, 15) is 0 Å². The number of fused-ring (bicyclic) bond motifs is 2. The van der Waals surface area contributed by atoms with Crippen LogP contribution in [0.15, 0.2) is 0 Å². The molecule has 0 amide bonds. The van der Waals surface area contributed by atoms with E-state index in [2.05, 4.69) is 19.2 Å². The molecule has 0 spiro atoms. The van der Waals surface area contributed by atoms with Gasteiger partial charge >= 0.3 is 0 Å². The molecule has 4 unspecified atom stereocenters. The molecule has 12 heavy (non-hydrogen) atoms. The Morgan fingerprint density at radius 2 is 2.00 bits per heavy atom. The van der Waals surface area contributed by atoms with Gasteiger partial charge in [0.25, 0.3) is 0 Å². The molecule has 1 aliphatic heterocycles. The van der Waals surface area contributed by atoms with Crippen LogP contribution in [0.25, 0.3) is 0 Å². The monoisotopic (exact) mass is 167 g/mol. The van der Waals surface area contributed by atoms with E-state index in [1.807, 2.05) is 0 Å². The minimum atomic E-state index is 0.834. The van der Waals surface area contributed by atoms with Gasteiger partial charge in [-0.05, 0) is 43.9 Å². The molecule has 1 heterocycles. The van der Waals surface area contributed by atoms with Crippen molar-refractivity contribution in [1.29, 1.82) is 0 Å². The fraction of sp³-hybridized carbons (Fsp3) is 1.00. The molecule has 2 rings (SSSR count). The number of nitrogens with one attached hydrogen (secondary N) is 1. The summed E-state index contributed by atoms with van der Waals surface area (Å²) in [4.78, 5) is 0. The summed E-state index contributed by atoms with van der Waals surface area (Å²) in [7, 11) is 0. The molecule has 2 aliphatic rings. The summed E-state index contributed by atoms with van der Waals surface area (Å²) in [6.45, 7) is 4.72. The molecule has 0 aromatic heterocycles. The molecule has 1 saturated carbocycles. The molecule has 0 radical (unpaired) electrons. The van der Waals surface area contributed by atoms with Crippen molar-refractivity contribution >= 4 is 0 Å². The summed E-state index contributed by atoms with van der Waals surface area (Å²) in [6.07, 6.45) is 7.14. The molecule has 4 atom stereocenters. The van der Waals surface area contributed by atoms with Crippen LogP contribution in [-0.4, -0.2) is 12.1 Å². The second-order valence-electron chi connectivity index (χ2n) is 4.88. The molecular weight excluding hydrogens is 146 g/mol. The summed E-state index contributed by atoms with van der Waals surface area (Å²) in [5.41, 5.74) is 0. The Morgan fingerprint density at radius 1 is 1.17 bits per heavy atom. The van der Waals surface area contributed by atoms with E-state index in [1.54, 1.807) is 0 Å². The number of rotatable bonds is 1. The van der Waals surface area contributed by atoms with Gasteiger partial charge in [-0.3, -0.25) is 0 Å². The lowest BCUT2D eigenvalue weighted by Crippen LogP contribution is -2.48. The first-order valence-electron chi connectivity index (χ1n) is 5.54. The number of piperidine rings is 1. The molecule has 1 saturated heterocycles. The molecule has 1 heteroatoms. The number of hydrogen-bond donors (Lipinski definition) is 1. The second-order valence-corrected chi connectivity index (χ2v) is 4.88. The van der Waals surface area contributed by atoms with Crippen LogP contribution in [0.5, 0.6) is 0 Å². The molecule has 2 bridgehead atoms. The quantitative estimate of drug-likeness (QED) is 0.633. The molecule has 1 aliphatic carbocycles. The third kappa shape index (κ3) is 1.66. The molecule has 1 N–H and O–H groups in total. The van der Waals surface area contributed by atoms with Crippen molar-refractivity contribution in [1.82, 2.24) is 5.32 Å². The van der Waals surface area contributed by atoms with Crippen LogP contribution >= 0.6 is 0 Å². The molecule has 1 nitrogen and oxygen atoms in total. The van der Waals surface area contributed by atoms with E-state index in [4.69, 9.17) is 0 Å². The first-order chi connectivity index (χ1) is 5.78. The maximum atomic E-state index is 3.76. The largest absolute Gasteiger partial charge is 0.311 e. The average molecular weight is 167 g/mol. The Bertz CT molecular complexity index is 137. The standard InChI is InChI=1S/C11H21N/c1-3-10-6-9-4-8(2)5-11(7-9)12-10/h8-12H,3-7H2,1-2H3. The molecule has 2 fully saturated rings. The van der Waals surface area contributed by atoms with E-state index >= 15 is 0 Å². The highest BCUT2D eigenvalue weighted by Gasteiger charge is 2.33. The van der Waals surface area contributed by atoms with Crippen molar-refractivity contribution in [3.05, 3.63) is 0 Å². The van der Waals surface area contributed by atoms with Crippen molar-refractivity contribution in [2.24, 2.45) is 11.8 Å². The predicted octanol–water partition coefficient (Wildman–Crippen LogP) is 2.56. The van der Waals surface area contributed by atoms with Gasteiger partial charge < -0.3 is 5.32 Å². The summed E-state index contributed by atoms with van der Waals surface area (Å²) >= 11 is 0. The second kappa shape index (κ2) is 3.37. The highest BCUT2D eigenvalue weighted by molar-refractivity contribution is 4.90. The van der Waals surface area contributed by atoms with E-state index in [-0.39, 0.29) is 0 Å². The van der Waals surface area contributed by atoms with Crippen molar-refractivity contribution in [2.45, 2.75) is 58.0 Å². The fourth-order valence-electron chi connectivity index (χ4n) is 3.16. The van der Waals surface area contributed by atoms with Crippen LogP contribution in [0.1, 0.15) is 46.0 Å². The zero-order chi connectivity index (χ0) is 8.55. The average Bonchev–Trinajstić information content (AvgIpc) is 2.02. The van der Waals surface area contributed by atoms with Crippen LogP contribution in [-0.2, 0) is 0 Å². The maximum absolute atomic E-state index is 3.76. The van der Waals surface area contributed by atoms with Crippen LogP contribution in [0, 0.1) is 11.8 Å². The van der Waals surface area contributed by atoms with Gasteiger partial charge in [0.2, 0.25) is 0 Å². The van der Waals surface area contributed by atoms with Crippen LogP contribution in [0.2, 0.25) is 0 Å². The zero-order valence-electron chi connectivity index (χ0n) is 8.34. The third-order valence-electron chi connectivity index (χ3n) is 3.62. The molecule has 0 aromatic rings. The fourth-order valence-corrected chi connectivity index (χ4v) is 3.16. The van der Waals surface area contributed by atoms with E-state index < -0.39 is 0 Å². The Labute approximate surface area is 75.9 Å². The normalized spacial score (nSPS) is 47.5. The smallest absolute Gasteiger partial charge is 0.00748 e.